The standard InChI is InChI=1S/C27H30N2O5/c30-25(31)12-16-9-10-18(11-16)29-26(32)23-13-17(23)14-28-27(33)34-15-24-21-7-3-1-5-19(21)20-6-2-4-8-22(20)24/h1-8,16-18,23-24H,9-15H2,(H,28,33)(H,29,32)(H,30,31)/t16-,17-,18+,23-/m0/s1. The van der Waals surface area contributed by atoms with Crippen molar-refractivity contribution in [3.05, 3.63) is 59.7 Å². The van der Waals surface area contributed by atoms with Crippen molar-refractivity contribution >= 4 is 18.0 Å². The van der Waals surface area contributed by atoms with Crippen molar-refractivity contribution in [3.8, 4) is 11.1 Å². The van der Waals surface area contributed by atoms with E-state index in [0.717, 1.165) is 25.7 Å². The average molecular weight is 463 g/mol. The van der Waals surface area contributed by atoms with Crippen LogP contribution in [0, 0.1) is 17.8 Å². The number of aliphatic carboxylic acids is 1. The van der Waals surface area contributed by atoms with E-state index in [-0.39, 0.29) is 48.6 Å². The van der Waals surface area contributed by atoms with Gasteiger partial charge < -0.3 is 20.5 Å². The SMILES string of the molecule is O=C(O)C[C@H]1CC[C@@H](NC(=O)[C@H]2C[C@H]2CNC(=O)OCC2c3ccccc3-c3ccccc32)C1. The third-order valence-electron chi connectivity index (χ3n) is 7.46. The Kier molecular flexibility index (Phi) is 6.26. The van der Waals surface area contributed by atoms with Gasteiger partial charge in [-0.25, -0.2) is 4.79 Å². The fraction of sp³-hybridized carbons (Fsp3) is 0.444. The summed E-state index contributed by atoms with van der Waals surface area (Å²) in [7, 11) is 0. The number of hydrogen-bond acceptors (Lipinski definition) is 4. The molecule has 2 fully saturated rings. The van der Waals surface area contributed by atoms with E-state index in [2.05, 4.69) is 34.9 Å². The van der Waals surface area contributed by atoms with E-state index in [9.17, 15) is 14.4 Å². The minimum Gasteiger partial charge on any atom is -0.481 e. The Hall–Kier alpha value is -3.35. The molecule has 3 aliphatic rings. The van der Waals surface area contributed by atoms with Gasteiger partial charge >= 0.3 is 12.1 Å². The Morgan fingerprint density at radius 1 is 0.941 bits per heavy atom. The van der Waals surface area contributed by atoms with E-state index in [1.165, 1.54) is 22.3 Å². The Morgan fingerprint density at radius 3 is 2.29 bits per heavy atom. The molecule has 7 nitrogen and oxygen atoms in total. The van der Waals surface area contributed by atoms with E-state index < -0.39 is 12.1 Å². The number of benzene rings is 2. The number of ether oxygens (including phenoxy) is 1. The van der Waals surface area contributed by atoms with Crippen LogP contribution in [0.1, 0.15) is 49.1 Å². The second-order valence-corrected chi connectivity index (χ2v) is 9.79. The predicted octanol–water partition coefficient (Wildman–Crippen LogP) is 3.92. The lowest BCUT2D eigenvalue weighted by atomic mass is 9.98. The first-order chi connectivity index (χ1) is 16.5. The summed E-state index contributed by atoms with van der Waals surface area (Å²) in [6.07, 6.45) is 2.87. The molecule has 178 valence electrons. The van der Waals surface area contributed by atoms with E-state index >= 15 is 0 Å². The van der Waals surface area contributed by atoms with Crippen LogP contribution in [0.15, 0.2) is 48.5 Å². The normalized spacial score (nSPS) is 24.7. The molecule has 0 aromatic heterocycles. The molecule has 7 heteroatoms. The maximum absolute atomic E-state index is 12.5. The zero-order valence-corrected chi connectivity index (χ0v) is 19.0. The van der Waals surface area contributed by atoms with Crippen LogP contribution in [0.2, 0.25) is 0 Å². The molecular formula is C27H30N2O5. The first-order valence-electron chi connectivity index (χ1n) is 12.1. The number of carbonyl (C=O) groups excluding carboxylic acids is 2. The first kappa shape index (κ1) is 22.4. The van der Waals surface area contributed by atoms with Gasteiger partial charge in [-0.1, -0.05) is 48.5 Å². The van der Waals surface area contributed by atoms with Crippen LogP contribution in [0.4, 0.5) is 4.79 Å². The van der Waals surface area contributed by atoms with Crippen molar-refractivity contribution in [2.45, 2.75) is 44.1 Å². The molecule has 34 heavy (non-hydrogen) atoms. The summed E-state index contributed by atoms with van der Waals surface area (Å²) < 4.78 is 5.57. The molecule has 2 aromatic rings. The molecule has 0 aliphatic heterocycles. The van der Waals surface area contributed by atoms with Gasteiger partial charge in [0.25, 0.3) is 0 Å². The van der Waals surface area contributed by atoms with Crippen LogP contribution >= 0.6 is 0 Å². The third kappa shape index (κ3) is 4.79. The summed E-state index contributed by atoms with van der Waals surface area (Å²) in [5, 5.41) is 14.8. The number of amides is 2. The average Bonchev–Trinajstić information content (AvgIpc) is 3.38. The van der Waals surface area contributed by atoms with Crippen LogP contribution in [0.3, 0.4) is 0 Å². The van der Waals surface area contributed by atoms with E-state index in [4.69, 9.17) is 9.84 Å². The highest BCUT2D eigenvalue weighted by Gasteiger charge is 2.44. The summed E-state index contributed by atoms with van der Waals surface area (Å²) in [5.74, 6) is -0.565. The van der Waals surface area contributed by atoms with Gasteiger partial charge in [-0.05, 0) is 59.8 Å². The molecule has 0 saturated heterocycles. The summed E-state index contributed by atoms with van der Waals surface area (Å²) in [6, 6.07) is 16.5. The van der Waals surface area contributed by atoms with Crippen LogP contribution in [-0.2, 0) is 14.3 Å². The number of nitrogens with one attached hydrogen (secondary N) is 2. The number of carboxylic acid groups (broad SMARTS) is 1. The maximum atomic E-state index is 12.5. The molecular weight excluding hydrogens is 432 g/mol. The minimum atomic E-state index is -0.779. The number of carboxylic acids is 1. The van der Waals surface area contributed by atoms with Gasteiger partial charge in [-0.2, -0.15) is 0 Å². The zero-order valence-electron chi connectivity index (χ0n) is 19.0. The molecule has 0 unspecified atom stereocenters. The molecule has 0 radical (unpaired) electrons. The Labute approximate surface area is 198 Å². The van der Waals surface area contributed by atoms with Crippen molar-refractivity contribution in [1.29, 1.82) is 0 Å². The Bertz CT molecular complexity index is 1050. The lowest BCUT2D eigenvalue weighted by Crippen LogP contribution is -2.35. The van der Waals surface area contributed by atoms with Gasteiger partial charge in [0.2, 0.25) is 5.91 Å². The van der Waals surface area contributed by atoms with E-state index in [1.54, 1.807) is 0 Å². The van der Waals surface area contributed by atoms with Crippen molar-refractivity contribution in [2.75, 3.05) is 13.2 Å². The smallest absolute Gasteiger partial charge is 0.407 e. The summed E-state index contributed by atoms with van der Waals surface area (Å²) in [6.45, 7) is 0.689. The van der Waals surface area contributed by atoms with Gasteiger partial charge in [0.1, 0.15) is 6.61 Å². The van der Waals surface area contributed by atoms with E-state index in [1.807, 2.05) is 24.3 Å². The number of alkyl carbamates (subject to hydrolysis) is 1. The number of fused-ring (bicyclic) bond motifs is 3. The topological polar surface area (TPSA) is 105 Å². The molecule has 2 saturated carbocycles. The lowest BCUT2D eigenvalue weighted by molar-refractivity contribution is -0.138. The van der Waals surface area contributed by atoms with Crippen molar-refractivity contribution in [3.63, 3.8) is 0 Å². The van der Waals surface area contributed by atoms with E-state index in [0.29, 0.717) is 6.54 Å². The van der Waals surface area contributed by atoms with Crippen LogP contribution in [-0.4, -0.2) is 42.3 Å². The fourth-order valence-electron chi connectivity index (χ4n) is 5.60. The monoisotopic (exact) mass is 462 g/mol. The molecule has 0 spiro atoms. The number of hydrogen-bond donors (Lipinski definition) is 3. The predicted molar refractivity (Wildman–Crippen MR) is 126 cm³/mol. The highest BCUT2D eigenvalue weighted by molar-refractivity contribution is 5.82. The lowest BCUT2D eigenvalue weighted by Gasteiger charge is -2.15. The highest BCUT2D eigenvalue weighted by Crippen LogP contribution is 2.44. The molecule has 0 heterocycles. The number of carbonyl (C=O) groups is 3. The molecule has 2 aromatic carbocycles. The van der Waals surface area contributed by atoms with Crippen molar-refractivity contribution in [2.24, 2.45) is 17.8 Å². The Morgan fingerprint density at radius 2 is 1.62 bits per heavy atom. The summed E-state index contributed by atoms with van der Waals surface area (Å²) >= 11 is 0. The van der Waals surface area contributed by atoms with Gasteiger partial charge in [0, 0.05) is 30.8 Å². The third-order valence-corrected chi connectivity index (χ3v) is 7.46. The minimum absolute atomic E-state index is 0.0142. The van der Waals surface area contributed by atoms with Gasteiger partial charge in [-0.15, -0.1) is 0 Å². The van der Waals surface area contributed by atoms with Crippen molar-refractivity contribution in [1.82, 2.24) is 10.6 Å². The summed E-state index contributed by atoms with van der Waals surface area (Å²) in [4.78, 5) is 35.7. The zero-order chi connectivity index (χ0) is 23.7. The van der Waals surface area contributed by atoms with Gasteiger partial charge in [-0.3, -0.25) is 9.59 Å². The molecule has 5 rings (SSSR count). The van der Waals surface area contributed by atoms with Crippen molar-refractivity contribution < 1.29 is 24.2 Å². The maximum Gasteiger partial charge on any atom is 0.407 e. The first-order valence-corrected chi connectivity index (χ1v) is 12.1. The second kappa shape index (κ2) is 9.49. The second-order valence-electron chi connectivity index (χ2n) is 9.79. The molecule has 3 aliphatic carbocycles. The summed E-state index contributed by atoms with van der Waals surface area (Å²) in [5.41, 5.74) is 4.73. The molecule has 3 N–H and O–H groups in total. The highest BCUT2D eigenvalue weighted by atomic mass is 16.5. The van der Waals surface area contributed by atoms with Gasteiger partial charge in [0.15, 0.2) is 0 Å². The quantitative estimate of drug-likeness (QED) is 0.552. The molecule has 2 amide bonds. The van der Waals surface area contributed by atoms with Crippen LogP contribution < -0.4 is 10.6 Å². The Balaban J connectivity index is 1.05. The largest absolute Gasteiger partial charge is 0.481 e. The molecule has 4 atom stereocenters. The van der Waals surface area contributed by atoms with Crippen LogP contribution in [0.5, 0.6) is 0 Å². The van der Waals surface area contributed by atoms with Gasteiger partial charge in [0.05, 0.1) is 0 Å². The number of rotatable bonds is 8. The molecule has 0 bridgehead atoms. The fourth-order valence-corrected chi connectivity index (χ4v) is 5.60. The van der Waals surface area contributed by atoms with Crippen LogP contribution in [0.25, 0.3) is 11.1 Å².